The molecule has 1 amide bonds. The summed E-state index contributed by atoms with van der Waals surface area (Å²) in [6.07, 6.45) is -4.66. The summed E-state index contributed by atoms with van der Waals surface area (Å²) >= 11 is 0. The van der Waals surface area contributed by atoms with Gasteiger partial charge in [-0.2, -0.15) is 23.3 Å². The Morgan fingerprint density at radius 2 is 1.68 bits per heavy atom. The smallest absolute Gasteiger partial charge is 0.417 e. The molecule has 0 aliphatic heterocycles. The van der Waals surface area contributed by atoms with Gasteiger partial charge in [-0.3, -0.25) is 4.79 Å². The fourth-order valence-corrected chi connectivity index (χ4v) is 3.63. The number of nitrogens with zero attached hydrogens (tertiary/aromatic N) is 3. The Hall–Kier alpha value is -3.88. The Morgan fingerprint density at radius 1 is 1.00 bits per heavy atom. The molecule has 0 bridgehead atoms. The molecule has 0 aliphatic carbocycles. The lowest BCUT2D eigenvalue weighted by molar-refractivity contribution is -0.136. The van der Waals surface area contributed by atoms with E-state index < -0.39 is 24.3 Å². The van der Waals surface area contributed by atoms with Crippen molar-refractivity contribution < 1.29 is 22.7 Å². The first-order valence-corrected chi connectivity index (χ1v) is 10.6. The van der Waals surface area contributed by atoms with Gasteiger partial charge >= 0.3 is 6.18 Å². The van der Waals surface area contributed by atoms with Gasteiger partial charge in [-0.1, -0.05) is 29.8 Å². The number of carbonyl (C=O) groups excluding carboxylic acids is 1. The van der Waals surface area contributed by atoms with Gasteiger partial charge in [0.2, 0.25) is 5.88 Å². The molecule has 4 rings (SSSR count). The van der Waals surface area contributed by atoms with E-state index in [1.807, 2.05) is 51.1 Å². The average Bonchev–Trinajstić information content (AvgIpc) is 3.10. The van der Waals surface area contributed by atoms with E-state index in [1.165, 1.54) is 11.6 Å². The van der Waals surface area contributed by atoms with Gasteiger partial charge in [-0.05, 0) is 57.0 Å². The highest BCUT2D eigenvalue weighted by molar-refractivity contribution is 5.92. The maximum Gasteiger partial charge on any atom is 0.417 e. The first-order valence-electron chi connectivity index (χ1n) is 10.6. The Bertz CT molecular complexity index is 1380. The zero-order valence-corrected chi connectivity index (χ0v) is 19.1. The van der Waals surface area contributed by atoms with Crippen LogP contribution in [0.4, 0.5) is 18.9 Å². The summed E-state index contributed by atoms with van der Waals surface area (Å²) in [5, 5.41) is 6.90. The number of fused-ring (bicyclic) bond motifs is 1. The summed E-state index contributed by atoms with van der Waals surface area (Å²) < 4.78 is 48.5. The molecule has 2 aromatic carbocycles. The van der Waals surface area contributed by atoms with E-state index >= 15 is 0 Å². The van der Waals surface area contributed by atoms with Crippen LogP contribution in [0.1, 0.15) is 27.9 Å². The summed E-state index contributed by atoms with van der Waals surface area (Å²) in [6.45, 7) is 6.65. The summed E-state index contributed by atoms with van der Waals surface area (Å²) in [4.78, 5) is 16.7. The van der Waals surface area contributed by atoms with Gasteiger partial charge < -0.3 is 10.1 Å². The molecule has 176 valence electrons. The van der Waals surface area contributed by atoms with Gasteiger partial charge in [-0.15, -0.1) is 0 Å². The van der Waals surface area contributed by atoms with Crippen molar-refractivity contribution in [3.63, 3.8) is 0 Å². The number of anilines is 1. The van der Waals surface area contributed by atoms with Crippen molar-refractivity contribution in [3.05, 3.63) is 76.5 Å². The number of benzene rings is 2. The van der Waals surface area contributed by atoms with Crippen molar-refractivity contribution in [1.29, 1.82) is 0 Å². The number of aryl methyl sites for hydroxylation is 4. The number of hydrogen-bond donors (Lipinski definition) is 1. The number of rotatable bonds is 5. The topological polar surface area (TPSA) is 69.0 Å². The molecule has 0 aliphatic rings. The average molecular weight is 468 g/mol. The molecule has 0 saturated carbocycles. The Balaban J connectivity index is 1.68. The first-order chi connectivity index (χ1) is 16.0. The highest BCUT2D eigenvalue weighted by Crippen LogP contribution is 2.38. The van der Waals surface area contributed by atoms with Crippen LogP contribution in [0, 0.1) is 27.7 Å². The molecule has 0 unspecified atom stereocenters. The predicted octanol–water partition coefficient (Wildman–Crippen LogP) is 5.69. The predicted molar refractivity (Wildman–Crippen MR) is 123 cm³/mol. The van der Waals surface area contributed by atoms with E-state index in [9.17, 15) is 18.0 Å². The van der Waals surface area contributed by atoms with E-state index in [1.54, 1.807) is 12.1 Å². The van der Waals surface area contributed by atoms with Crippen molar-refractivity contribution in [2.24, 2.45) is 0 Å². The fraction of sp³-hybridized carbons (Fsp3) is 0.240. The maximum atomic E-state index is 13.9. The SMILES string of the molecule is Cc1ccc(-n2nc(C)c3c(C(F)(F)F)cc(OCC(=O)Nc4cc(C)ccc4C)nc32)cc1. The monoisotopic (exact) mass is 468 g/mol. The van der Waals surface area contributed by atoms with Crippen molar-refractivity contribution >= 4 is 22.6 Å². The standard InChI is InChI=1S/C25H23F3N4O2/c1-14-6-9-18(10-7-14)32-24-23(17(4)31-32)19(25(26,27)28)12-22(30-24)34-13-21(33)29-20-11-15(2)5-8-16(20)3/h5-12H,13H2,1-4H3,(H,29,33). The molecule has 9 heteroatoms. The lowest BCUT2D eigenvalue weighted by atomic mass is 10.1. The maximum absolute atomic E-state index is 13.9. The van der Waals surface area contributed by atoms with Crippen molar-refractivity contribution in [1.82, 2.24) is 14.8 Å². The van der Waals surface area contributed by atoms with E-state index in [-0.39, 0.29) is 22.6 Å². The molecular weight excluding hydrogens is 445 g/mol. The minimum absolute atomic E-state index is 0.00103. The van der Waals surface area contributed by atoms with Crippen LogP contribution in [0.3, 0.4) is 0 Å². The molecule has 0 fully saturated rings. The lowest BCUT2D eigenvalue weighted by Crippen LogP contribution is -2.21. The third kappa shape index (κ3) is 4.73. The summed E-state index contributed by atoms with van der Waals surface area (Å²) in [5.41, 5.74) is 3.27. The number of alkyl halides is 3. The van der Waals surface area contributed by atoms with E-state index in [4.69, 9.17) is 4.74 Å². The normalized spacial score (nSPS) is 11.6. The Morgan fingerprint density at radius 3 is 2.35 bits per heavy atom. The molecule has 2 aromatic heterocycles. The zero-order chi connectivity index (χ0) is 24.6. The number of nitrogens with one attached hydrogen (secondary N) is 1. The van der Waals surface area contributed by atoms with Crippen LogP contribution >= 0.6 is 0 Å². The van der Waals surface area contributed by atoms with Crippen LogP contribution in [-0.2, 0) is 11.0 Å². The number of pyridine rings is 1. The molecular formula is C25H23F3N4O2. The molecule has 34 heavy (non-hydrogen) atoms. The minimum atomic E-state index is -4.66. The number of ether oxygens (including phenoxy) is 1. The van der Waals surface area contributed by atoms with Crippen molar-refractivity contribution in [3.8, 4) is 11.6 Å². The number of amides is 1. The summed E-state index contributed by atoms with van der Waals surface area (Å²) in [6, 6.07) is 13.6. The van der Waals surface area contributed by atoms with Crippen molar-refractivity contribution in [2.75, 3.05) is 11.9 Å². The van der Waals surface area contributed by atoms with E-state index in [0.717, 1.165) is 22.8 Å². The highest BCUT2D eigenvalue weighted by Gasteiger charge is 2.36. The van der Waals surface area contributed by atoms with Gasteiger partial charge in [0, 0.05) is 11.8 Å². The highest BCUT2D eigenvalue weighted by atomic mass is 19.4. The molecule has 0 radical (unpaired) electrons. The number of hydrogen-bond acceptors (Lipinski definition) is 4. The summed E-state index contributed by atoms with van der Waals surface area (Å²) in [5.74, 6) is -0.823. The third-order valence-corrected chi connectivity index (χ3v) is 5.39. The van der Waals surface area contributed by atoms with Gasteiger partial charge in [0.05, 0.1) is 22.3 Å². The largest absolute Gasteiger partial charge is 0.467 e. The van der Waals surface area contributed by atoms with Crippen LogP contribution in [-0.4, -0.2) is 27.3 Å². The van der Waals surface area contributed by atoms with Crippen LogP contribution in [0.25, 0.3) is 16.7 Å². The molecule has 0 atom stereocenters. The van der Waals surface area contributed by atoms with Gasteiger partial charge in [0.25, 0.3) is 5.91 Å². The van der Waals surface area contributed by atoms with Crippen LogP contribution in [0.5, 0.6) is 5.88 Å². The Kier molecular flexibility index (Phi) is 6.03. The van der Waals surface area contributed by atoms with Crippen LogP contribution in [0.2, 0.25) is 0 Å². The van der Waals surface area contributed by atoms with E-state index in [2.05, 4.69) is 15.4 Å². The van der Waals surface area contributed by atoms with Crippen LogP contribution in [0.15, 0.2) is 48.5 Å². The molecule has 0 spiro atoms. The molecule has 4 aromatic rings. The quantitative estimate of drug-likeness (QED) is 0.409. The van der Waals surface area contributed by atoms with Gasteiger partial charge in [0.1, 0.15) is 0 Å². The first kappa shape index (κ1) is 23.3. The fourth-order valence-electron chi connectivity index (χ4n) is 3.63. The minimum Gasteiger partial charge on any atom is -0.467 e. The Labute approximate surface area is 194 Å². The molecule has 0 saturated heterocycles. The third-order valence-electron chi connectivity index (χ3n) is 5.39. The summed E-state index contributed by atoms with van der Waals surface area (Å²) in [7, 11) is 0. The number of halogens is 3. The molecule has 6 nitrogen and oxygen atoms in total. The van der Waals surface area contributed by atoms with Gasteiger partial charge in [0.15, 0.2) is 12.3 Å². The second kappa shape index (κ2) is 8.81. The molecule has 2 heterocycles. The van der Waals surface area contributed by atoms with Gasteiger partial charge in [-0.25, -0.2) is 4.68 Å². The second-order valence-corrected chi connectivity index (χ2v) is 8.19. The lowest BCUT2D eigenvalue weighted by Gasteiger charge is -2.13. The molecule has 1 N–H and O–H groups in total. The zero-order valence-electron chi connectivity index (χ0n) is 19.1. The van der Waals surface area contributed by atoms with Crippen molar-refractivity contribution in [2.45, 2.75) is 33.9 Å². The number of carbonyl (C=O) groups is 1. The second-order valence-electron chi connectivity index (χ2n) is 8.19. The number of aromatic nitrogens is 3. The van der Waals surface area contributed by atoms with Crippen LogP contribution < -0.4 is 10.1 Å². The van der Waals surface area contributed by atoms with E-state index in [0.29, 0.717) is 11.4 Å².